The normalized spacial score (nSPS) is 13.7. The van der Waals surface area contributed by atoms with Crippen molar-refractivity contribution in [3.63, 3.8) is 0 Å². The number of carbonyl (C=O) groups is 2. The summed E-state index contributed by atoms with van der Waals surface area (Å²) in [6.45, 7) is 11.5. The van der Waals surface area contributed by atoms with Gasteiger partial charge in [0.1, 0.15) is 5.60 Å². The number of hydrogen-bond acceptors (Lipinski definition) is 4. The summed E-state index contributed by atoms with van der Waals surface area (Å²) in [6, 6.07) is -0.174. The van der Waals surface area contributed by atoms with Crippen LogP contribution in [0.3, 0.4) is 0 Å². The molecule has 0 aromatic heterocycles. The number of nitrogens with one attached hydrogen (secondary N) is 1. The molecular weight excluding hydrogens is 270 g/mol. The summed E-state index contributed by atoms with van der Waals surface area (Å²) in [6.07, 6.45) is 5.98. The van der Waals surface area contributed by atoms with E-state index in [1.54, 1.807) is 19.1 Å². The predicted octanol–water partition coefficient (Wildman–Crippen LogP) is 3.21. The maximum absolute atomic E-state index is 11.7. The summed E-state index contributed by atoms with van der Waals surface area (Å²) in [7, 11) is 0. The van der Waals surface area contributed by atoms with Gasteiger partial charge in [0.05, 0.1) is 12.6 Å². The van der Waals surface area contributed by atoms with Crippen LogP contribution in [0.25, 0.3) is 0 Å². The van der Waals surface area contributed by atoms with E-state index in [9.17, 15) is 9.59 Å². The Labute approximate surface area is 127 Å². The van der Waals surface area contributed by atoms with Crippen molar-refractivity contribution in [1.82, 2.24) is 5.32 Å². The fourth-order valence-corrected chi connectivity index (χ4v) is 1.39. The first kappa shape index (κ1) is 19.2. The molecule has 120 valence electrons. The highest BCUT2D eigenvalue weighted by Gasteiger charge is 2.19. The van der Waals surface area contributed by atoms with Gasteiger partial charge in [-0.25, -0.2) is 9.59 Å². The van der Waals surface area contributed by atoms with Gasteiger partial charge in [-0.15, -0.1) is 0 Å². The molecule has 0 saturated heterocycles. The van der Waals surface area contributed by atoms with Crippen LogP contribution < -0.4 is 5.32 Å². The Morgan fingerprint density at radius 3 is 2.29 bits per heavy atom. The molecule has 0 aromatic rings. The van der Waals surface area contributed by atoms with Crippen molar-refractivity contribution in [1.29, 1.82) is 0 Å². The Kier molecular flexibility index (Phi) is 8.43. The smallest absolute Gasteiger partial charge is 0.408 e. The number of esters is 1. The van der Waals surface area contributed by atoms with Gasteiger partial charge >= 0.3 is 12.1 Å². The zero-order valence-corrected chi connectivity index (χ0v) is 13.8. The van der Waals surface area contributed by atoms with Crippen molar-refractivity contribution < 1.29 is 19.1 Å². The summed E-state index contributed by atoms with van der Waals surface area (Å²) in [5.74, 6) is -0.187. The summed E-state index contributed by atoms with van der Waals surface area (Å²) in [4.78, 5) is 22.9. The minimum atomic E-state index is -0.529. The number of alkyl carbamates (subject to hydrolysis) is 1. The summed E-state index contributed by atoms with van der Waals surface area (Å²) < 4.78 is 9.99. The van der Waals surface area contributed by atoms with Gasteiger partial charge in [-0.05, 0) is 33.6 Å². The van der Waals surface area contributed by atoms with Crippen molar-refractivity contribution in [2.45, 2.75) is 53.2 Å². The highest BCUT2D eigenvalue weighted by Crippen LogP contribution is 2.09. The second-order valence-corrected chi connectivity index (χ2v) is 5.91. The lowest BCUT2D eigenvalue weighted by Gasteiger charge is -2.23. The van der Waals surface area contributed by atoms with Gasteiger partial charge in [-0.1, -0.05) is 32.1 Å². The lowest BCUT2D eigenvalue weighted by molar-refractivity contribution is -0.137. The fraction of sp³-hybridized carbons (Fsp3) is 0.625. The van der Waals surface area contributed by atoms with Crippen molar-refractivity contribution >= 4 is 12.1 Å². The predicted molar refractivity (Wildman–Crippen MR) is 82.9 cm³/mol. The Bertz CT molecular complexity index is 392. The molecule has 0 heterocycles. The van der Waals surface area contributed by atoms with E-state index in [-0.39, 0.29) is 17.9 Å². The molecule has 0 radical (unpaired) electrons. The third-order valence-corrected chi connectivity index (χ3v) is 2.35. The third-order valence-electron chi connectivity index (χ3n) is 2.35. The molecule has 0 aliphatic carbocycles. The number of ether oxygens (including phenoxy) is 2. The lowest BCUT2D eigenvalue weighted by Crippen LogP contribution is -2.40. The van der Waals surface area contributed by atoms with Gasteiger partial charge < -0.3 is 14.8 Å². The zero-order chi connectivity index (χ0) is 16.5. The van der Waals surface area contributed by atoms with Crippen molar-refractivity contribution in [2.24, 2.45) is 5.92 Å². The van der Waals surface area contributed by atoms with Gasteiger partial charge in [-0.3, -0.25) is 0 Å². The zero-order valence-electron chi connectivity index (χ0n) is 13.8. The molecule has 21 heavy (non-hydrogen) atoms. The summed E-state index contributed by atoms with van der Waals surface area (Å²) in [5, 5.41) is 2.79. The van der Waals surface area contributed by atoms with Gasteiger partial charge in [0.25, 0.3) is 0 Å². The van der Waals surface area contributed by atoms with E-state index < -0.39 is 11.7 Å². The van der Waals surface area contributed by atoms with Crippen molar-refractivity contribution in [2.75, 3.05) is 6.61 Å². The molecule has 5 heteroatoms. The lowest BCUT2D eigenvalue weighted by atomic mass is 10.0. The van der Waals surface area contributed by atoms with Crippen LogP contribution in [0.2, 0.25) is 0 Å². The van der Waals surface area contributed by atoms with Crippen LogP contribution in [0.15, 0.2) is 24.3 Å². The first-order valence-electron chi connectivity index (χ1n) is 7.17. The quantitative estimate of drug-likeness (QED) is 0.464. The number of allylic oxidation sites excluding steroid dienone is 2. The maximum Gasteiger partial charge on any atom is 0.408 e. The number of carbonyl (C=O) groups excluding carboxylic acids is 2. The van der Waals surface area contributed by atoms with Gasteiger partial charge in [0.2, 0.25) is 0 Å². The van der Waals surface area contributed by atoms with E-state index in [1.165, 1.54) is 6.08 Å². The second kappa shape index (κ2) is 9.21. The monoisotopic (exact) mass is 297 g/mol. The van der Waals surface area contributed by atoms with E-state index in [0.29, 0.717) is 6.61 Å². The Morgan fingerprint density at radius 1 is 1.19 bits per heavy atom. The summed E-state index contributed by atoms with van der Waals surface area (Å²) in [5.41, 5.74) is -0.529. The topological polar surface area (TPSA) is 64.6 Å². The number of hydrogen-bond donors (Lipinski definition) is 1. The van der Waals surface area contributed by atoms with Crippen molar-refractivity contribution in [3.05, 3.63) is 24.3 Å². The largest absolute Gasteiger partial charge is 0.463 e. The van der Waals surface area contributed by atoms with Crippen LogP contribution in [-0.4, -0.2) is 30.3 Å². The minimum absolute atomic E-state index is 0.174. The standard InChI is InChI=1S/C16H27NO4/c1-7-20-14(18)11-9-8-10-13(12(2)3)17-15(19)21-16(4,5)6/h8-13H,7H2,1-6H3,(H,17,19)/b10-8+,11-9+/t13-/m1/s1. The molecule has 0 unspecified atom stereocenters. The SMILES string of the molecule is CCOC(=O)/C=C/C=C/[C@@H](NC(=O)OC(C)(C)C)C(C)C. The van der Waals surface area contributed by atoms with Gasteiger partial charge in [0, 0.05) is 6.08 Å². The van der Waals surface area contributed by atoms with E-state index in [0.717, 1.165) is 0 Å². The van der Waals surface area contributed by atoms with E-state index in [1.807, 2.05) is 40.7 Å². The molecule has 0 saturated carbocycles. The van der Waals surface area contributed by atoms with Gasteiger partial charge in [0.15, 0.2) is 0 Å². The molecule has 0 rings (SSSR count). The molecule has 1 N–H and O–H groups in total. The number of rotatable bonds is 6. The molecule has 0 aliphatic heterocycles. The third kappa shape index (κ3) is 10.6. The van der Waals surface area contributed by atoms with Crippen LogP contribution in [0.4, 0.5) is 4.79 Å². The highest BCUT2D eigenvalue weighted by molar-refractivity contribution is 5.82. The first-order valence-corrected chi connectivity index (χ1v) is 7.17. The average Bonchev–Trinajstić information content (AvgIpc) is 2.30. The van der Waals surface area contributed by atoms with Crippen LogP contribution in [0.1, 0.15) is 41.5 Å². The Morgan fingerprint density at radius 2 is 1.81 bits per heavy atom. The van der Waals surface area contributed by atoms with Crippen molar-refractivity contribution in [3.8, 4) is 0 Å². The second-order valence-electron chi connectivity index (χ2n) is 5.91. The molecular formula is C16H27NO4. The highest BCUT2D eigenvalue weighted by atomic mass is 16.6. The van der Waals surface area contributed by atoms with Crippen LogP contribution in [0.5, 0.6) is 0 Å². The summed E-state index contributed by atoms with van der Waals surface area (Å²) >= 11 is 0. The number of amides is 1. The molecule has 1 atom stereocenters. The first-order chi connectivity index (χ1) is 9.65. The molecule has 0 spiro atoms. The van der Waals surface area contributed by atoms with Crippen LogP contribution in [-0.2, 0) is 14.3 Å². The van der Waals surface area contributed by atoms with E-state index in [2.05, 4.69) is 5.32 Å². The van der Waals surface area contributed by atoms with Gasteiger partial charge in [-0.2, -0.15) is 0 Å². The molecule has 0 aliphatic rings. The Hall–Kier alpha value is -1.78. The van der Waals surface area contributed by atoms with E-state index in [4.69, 9.17) is 9.47 Å². The minimum Gasteiger partial charge on any atom is -0.463 e. The molecule has 1 amide bonds. The molecule has 0 fully saturated rings. The maximum atomic E-state index is 11.7. The fourth-order valence-electron chi connectivity index (χ4n) is 1.39. The Balaban J connectivity index is 4.50. The van der Waals surface area contributed by atoms with Crippen LogP contribution in [0, 0.1) is 5.92 Å². The molecule has 0 bridgehead atoms. The van der Waals surface area contributed by atoms with E-state index >= 15 is 0 Å². The molecule has 0 aromatic carbocycles. The average molecular weight is 297 g/mol. The van der Waals surface area contributed by atoms with Crippen LogP contribution >= 0.6 is 0 Å². The molecule has 5 nitrogen and oxygen atoms in total.